The first kappa shape index (κ1) is 21.4. The Labute approximate surface area is 150 Å². The molecule has 0 aromatic carbocycles. The van der Waals surface area contributed by atoms with Crippen LogP contribution in [0.5, 0.6) is 0 Å². The molecule has 1 fully saturated rings. The van der Waals surface area contributed by atoms with Crippen LogP contribution in [-0.2, 0) is 42.9 Å². The highest BCUT2D eigenvalue weighted by Gasteiger charge is 2.52. The van der Waals surface area contributed by atoms with Gasteiger partial charge in [-0.3, -0.25) is 19.2 Å². The summed E-state index contributed by atoms with van der Waals surface area (Å²) in [7, 11) is 1.30. The molecule has 9 nitrogen and oxygen atoms in total. The fourth-order valence-electron chi connectivity index (χ4n) is 2.50. The van der Waals surface area contributed by atoms with Gasteiger partial charge in [-0.2, -0.15) is 12.6 Å². The van der Waals surface area contributed by atoms with Gasteiger partial charge in [0.2, 0.25) is 0 Å². The number of carbonyl (C=O) groups is 4. The maximum atomic E-state index is 11.8. The van der Waals surface area contributed by atoms with E-state index in [2.05, 4.69) is 12.6 Å². The third-order valence-electron chi connectivity index (χ3n) is 3.33. The monoisotopic (exact) mass is 378 g/mol. The highest BCUT2D eigenvalue weighted by Crippen LogP contribution is 2.30. The van der Waals surface area contributed by atoms with Crippen molar-refractivity contribution < 1.29 is 42.9 Å². The highest BCUT2D eigenvalue weighted by atomic mass is 32.1. The Morgan fingerprint density at radius 3 is 1.80 bits per heavy atom. The molecule has 10 heteroatoms. The number of hydrogen-bond donors (Lipinski definition) is 1. The summed E-state index contributed by atoms with van der Waals surface area (Å²) in [5, 5.41) is 0. The van der Waals surface area contributed by atoms with Crippen LogP contribution in [0.1, 0.15) is 27.2 Å². The molecule has 0 aliphatic carbocycles. The van der Waals surface area contributed by atoms with E-state index in [0.29, 0.717) is 0 Å². The van der Waals surface area contributed by atoms with E-state index in [0.717, 1.165) is 20.8 Å². The molecule has 0 aromatic rings. The number of ether oxygens (including phenoxy) is 5. The molecule has 0 unspecified atom stereocenters. The van der Waals surface area contributed by atoms with Crippen LogP contribution in [0.3, 0.4) is 0 Å². The second kappa shape index (κ2) is 9.73. The lowest BCUT2D eigenvalue weighted by Gasteiger charge is -2.43. The zero-order valence-corrected chi connectivity index (χ0v) is 15.3. The van der Waals surface area contributed by atoms with E-state index in [9.17, 15) is 19.2 Å². The van der Waals surface area contributed by atoms with E-state index < -0.39 is 48.6 Å². The van der Waals surface area contributed by atoms with Crippen molar-refractivity contribution in [2.24, 2.45) is 0 Å². The molecule has 1 heterocycles. The first-order valence-corrected chi connectivity index (χ1v) is 8.15. The van der Waals surface area contributed by atoms with Gasteiger partial charge in [0, 0.05) is 40.1 Å². The number of hydrogen-bond acceptors (Lipinski definition) is 10. The summed E-state index contributed by atoms with van der Waals surface area (Å²) in [6, 6.07) is 0. The van der Waals surface area contributed by atoms with E-state index in [-0.39, 0.29) is 18.0 Å². The van der Waals surface area contributed by atoms with Gasteiger partial charge in [0.05, 0.1) is 0 Å². The molecule has 0 radical (unpaired) electrons. The summed E-state index contributed by atoms with van der Waals surface area (Å²) >= 11 is 3.90. The number of carbonyl (C=O) groups excluding carboxylic acids is 4. The lowest BCUT2D eigenvalue weighted by Crippen LogP contribution is -2.62. The molecule has 0 N–H and O–H groups in total. The van der Waals surface area contributed by atoms with Gasteiger partial charge in [-0.25, -0.2) is 0 Å². The second-order valence-corrected chi connectivity index (χ2v) is 5.72. The molecule has 142 valence electrons. The van der Waals surface area contributed by atoms with Gasteiger partial charge >= 0.3 is 17.9 Å². The molecule has 1 aliphatic rings. The number of rotatable bonds is 7. The number of Topliss-reactive ketones (excluding diaryl/α,β-unsaturated/α-hetero) is 1. The molecule has 0 spiro atoms. The second-order valence-electron chi connectivity index (χ2n) is 5.40. The smallest absolute Gasteiger partial charge is 0.303 e. The molecule has 1 saturated heterocycles. The van der Waals surface area contributed by atoms with Crippen molar-refractivity contribution in [2.75, 3.05) is 12.9 Å². The molecular weight excluding hydrogens is 356 g/mol. The normalized spacial score (nSPS) is 28.8. The predicted molar refractivity (Wildman–Crippen MR) is 85.8 cm³/mol. The molecule has 0 bridgehead atoms. The first-order valence-electron chi connectivity index (χ1n) is 7.52. The van der Waals surface area contributed by atoms with Crippen molar-refractivity contribution in [3.8, 4) is 0 Å². The van der Waals surface area contributed by atoms with Gasteiger partial charge in [-0.1, -0.05) is 0 Å². The Kier molecular flexibility index (Phi) is 8.33. The van der Waals surface area contributed by atoms with Crippen LogP contribution in [0.25, 0.3) is 0 Å². The van der Waals surface area contributed by atoms with Crippen LogP contribution in [0, 0.1) is 0 Å². The van der Waals surface area contributed by atoms with Crippen molar-refractivity contribution >= 4 is 36.3 Å². The summed E-state index contributed by atoms with van der Waals surface area (Å²) < 4.78 is 26.3. The van der Waals surface area contributed by atoms with Crippen LogP contribution in [0.2, 0.25) is 0 Å². The number of esters is 3. The van der Waals surface area contributed by atoms with Gasteiger partial charge in [0.1, 0.15) is 11.9 Å². The zero-order chi connectivity index (χ0) is 19.1. The lowest BCUT2D eigenvalue weighted by molar-refractivity contribution is -0.297. The van der Waals surface area contributed by atoms with Crippen molar-refractivity contribution in [1.29, 1.82) is 0 Å². The van der Waals surface area contributed by atoms with Crippen LogP contribution in [-0.4, -0.2) is 67.3 Å². The number of methoxy groups -OCH3 is 1. The third kappa shape index (κ3) is 6.29. The minimum Gasteiger partial charge on any atom is -0.456 e. The molecule has 0 aromatic heterocycles. The molecule has 5 atom stereocenters. The Hall–Kier alpha value is -1.65. The number of ketones is 1. The number of thiol groups is 1. The first-order chi connectivity index (χ1) is 11.7. The summed E-state index contributed by atoms with van der Waals surface area (Å²) in [5.74, 6) is -2.34. The van der Waals surface area contributed by atoms with Crippen LogP contribution >= 0.6 is 12.6 Å². The molecule has 0 saturated carbocycles. The van der Waals surface area contributed by atoms with Crippen molar-refractivity contribution in [3.05, 3.63) is 0 Å². The van der Waals surface area contributed by atoms with Gasteiger partial charge in [0.15, 0.2) is 24.6 Å². The van der Waals surface area contributed by atoms with Crippen molar-refractivity contribution in [2.45, 2.75) is 57.9 Å². The van der Waals surface area contributed by atoms with Gasteiger partial charge < -0.3 is 23.7 Å². The van der Waals surface area contributed by atoms with Gasteiger partial charge in [-0.05, 0) is 0 Å². The van der Waals surface area contributed by atoms with E-state index in [4.69, 9.17) is 23.7 Å². The summed E-state index contributed by atoms with van der Waals surface area (Å²) in [4.78, 5) is 46.1. The van der Waals surface area contributed by atoms with Crippen LogP contribution < -0.4 is 0 Å². The maximum Gasteiger partial charge on any atom is 0.303 e. The third-order valence-corrected chi connectivity index (χ3v) is 3.69. The molecule has 1 rings (SSSR count). The van der Waals surface area contributed by atoms with Gasteiger partial charge in [0.25, 0.3) is 0 Å². The molecule has 0 amide bonds. The van der Waals surface area contributed by atoms with Crippen LogP contribution in [0.15, 0.2) is 0 Å². The predicted octanol–water partition coefficient (Wildman–Crippen LogP) is 0.0418. The Morgan fingerprint density at radius 1 is 0.880 bits per heavy atom. The molecular formula is C15H22O9S. The Bertz CT molecular complexity index is 521. The maximum absolute atomic E-state index is 11.8. The minimum atomic E-state index is -1.19. The molecule has 1 aliphatic heterocycles. The standard InChI is InChI=1S/C15H22O9S/c1-7(16)21-12-11(5-10(19)6-25)24-15(20-4)14(23-9(3)18)13(12)22-8(2)17/h11-15,25H,5-6H2,1-4H3/t11-,12+,13+,14-,15+/m1/s1. The summed E-state index contributed by atoms with van der Waals surface area (Å²) in [5.41, 5.74) is 0. The van der Waals surface area contributed by atoms with E-state index in [1.165, 1.54) is 7.11 Å². The summed E-state index contributed by atoms with van der Waals surface area (Å²) in [6.07, 6.45) is -5.73. The van der Waals surface area contributed by atoms with E-state index in [1.807, 2.05) is 0 Å². The SMILES string of the molecule is CO[C@H]1O[C@H](CC(=O)CS)[C@H](OC(C)=O)[C@H](OC(C)=O)[C@H]1OC(C)=O. The fraction of sp³-hybridized carbons (Fsp3) is 0.733. The van der Waals surface area contributed by atoms with Crippen molar-refractivity contribution in [3.63, 3.8) is 0 Å². The lowest BCUT2D eigenvalue weighted by atomic mass is 9.95. The average molecular weight is 378 g/mol. The van der Waals surface area contributed by atoms with E-state index in [1.54, 1.807) is 0 Å². The topological polar surface area (TPSA) is 114 Å². The van der Waals surface area contributed by atoms with Crippen LogP contribution in [0.4, 0.5) is 0 Å². The highest BCUT2D eigenvalue weighted by molar-refractivity contribution is 7.81. The minimum absolute atomic E-state index is 0.0457. The fourth-order valence-corrected chi connectivity index (χ4v) is 2.63. The Morgan fingerprint density at radius 2 is 1.36 bits per heavy atom. The quantitative estimate of drug-likeness (QED) is 0.372. The summed E-state index contributed by atoms with van der Waals surface area (Å²) in [6.45, 7) is 3.47. The van der Waals surface area contributed by atoms with Gasteiger partial charge in [-0.15, -0.1) is 0 Å². The largest absolute Gasteiger partial charge is 0.456 e. The van der Waals surface area contributed by atoms with Crippen molar-refractivity contribution in [1.82, 2.24) is 0 Å². The molecule has 25 heavy (non-hydrogen) atoms. The zero-order valence-electron chi connectivity index (χ0n) is 14.4. The average Bonchev–Trinajstić information content (AvgIpc) is 2.51. The van der Waals surface area contributed by atoms with E-state index >= 15 is 0 Å². The Balaban J connectivity index is 3.23.